The van der Waals surface area contributed by atoms with Crippen molar-refractivity contribution in [1.82, 2.24) is 10.6 Å². The van der Waals surface area contributed by atoms with Crippen LogP contribution in [-0.4, -0.2) is 31.1 Å². The fourth-order valence-corrected chi connectivity index (χ4v) is 2.13. The first kappa shape index (κ1) is 22.7. The van der Waals surface area contributed by atoms with Crippen LogP contribution in [0.2, 0.25) is 0 Å². The summed E-state index contributed by atoms with van der Waals surface area (Å²) in [4.78, 5) is 15.4. The molecule has 1 aromatic carbocycles. The molecule has 1 aromatic heterocycles. The highest BCUT2D eigenvalue weighted by Gasteiger charge is 2.10. The van der Waals surface area contributed by atoms with Gasteiger partial charge in [-0.1, -0.05) is 12.1 Å². The topological polar surface area (TPSA) is 102 Å². The molecule has 0 aliphatic rings. The van der Waals surface area contributed by atoms with Gasteiger partial charge in [0.2, 0.25) is 0 Å². The number of carbonyl (C=O) groups excluding carboxylic acids is 1. The Bertz CT molecular complexity index is 767. The molecule has 0 spiro atoms. The van der Waals surface area contributed by atoms with Gasteiger partial charge >= 0.3 is 0 Å². The molecule has 9 heteroatoms. The number of carbonyl (C=O) groups is 1. The number of hydrogen-bond acceptors (Lipinski definition) is 4. The maximum absolute atomic E-state index is 13.6. The molecule has 1 atom stereocenters. The highest BCUT2D eigenvalue weighted by atomic mass is 127. The lowest BCUT2D eigenvalue weighted by Gasteiger charge is -2.17. The number of primary amides is 1. The van der Waals surface area contributed by atoms with Gasteiger partial charge in [-0.15, -0.1) is 24.0 Å². The number of ether oxygens (including phenoxy) is 1. The fourth-order valence-electron chi connectivity index (χ4n) is 2.13. The third-order valence-corrected chi connectivity index (χ3v) is 3.36. The molecule has 7 nitrogen and oxygen atoms in total. The summed E-state index contributed by atoms with van der Waals surface area (Å²) in [7, 11) is 0. The van der Waals surface area contributed by atoms with Gasteiger partial charge < -0.3 is 25.5 Å². The maximum Gasteiger partial charge on any atom is 0.284 e. The summed E-state index contributed by atoms with van der Waals surface area (Å²) < 4.78 is 24.5. The third kappa shape index (κ3) is 7.45. The molecule has 0 radical (unpaired) electrons. The molecule has 4 N–H and O–H groups in total. The molecule has 0 saturated carbocycles. The summed E-state index contributed by atoms with van der Waals surface area (Å²) in [5.74, 6) is 0.353. The van der Waals surface area contributed by atoms with Crippen LogP contribution in [0.15, 0.2) is 45.8 Å². The quantitative estimate of drug-likeness (QED) is 0.300. The molecule has 0 aliphatic carbocycles. The van der Waals surface area contributed by atoms with E-state index in [1.165, 1.54) is 12.1 Å². The smallest absolute Gasteiger partial charge is 0.284 e. The minimum absolute atomic E-state index is 0. The van der Waals surface area contributed by atoms with Crippen LogP contribution >= 0.6 is 24.0 Å². The minimum atomic E-state index is -0.621. The second-order valence-corrected chi connectivity index (χ2v) is 5.57. The number of guanidine groups is 1. The number of nitrogens with zero attached hydrogens (tertiary/aromatic N) is 1. The number of nitrogens with two attached hydrogens (primary N) is 1. The Kier molecular flexibility index (Phi) is 9.62. The summed E-state index contributed by atoms with van der Waals surface area (Å²) in [6.45, 7) is 5.10. The second-order valence-electron chi connectivity index (χ2n) is 5.57. The van der Waals surface area contributed by atoms with Gasteiger partial charge in [0.1, 0.15) is 18.4 Å². The number of amides is 1. The molecular weight excluding hydrogens is 466 g/mol. The van der Waals surface area contributed by atoms with E-state index in [1.807, 2.05) is 13.8 Å². The Labute approximate surface area is 174 Å². The average molecular weight is 490 g/mol. The van der Waals surface area contributed by atoms with E-state index in [0.29, 0.717) is 24.8 Å². The Balaban J connectivity index is 0.00000364. The lowest BCUT2D eigenvalue weighted by molar-refractivity contribution is 0.0972. The summed E-state index contributed by atoms with van der Waals surface area (Å²) in [6, 6.07) is 9.42. The zero-order valence-electron chi connectivity index (χ0n) is 15.2. The van der Waals surface area contributed by atoms with Gasteiger partial charge in [0.05, 0.1) is 6.54 Å². The van der Waals surface area contributed by atoms with Crippen molar-refractivity contribution in [3.63, 3.8) is 0 Å². The minimum Gasteiger partial charge on any atom is -0.486 e. The first-order chi connectivity index (χ1) is 12.5. The van der Waals surface area contributed by atoms with E-state index < -0.39 is 11.7 Å². The molecule has 1 amide bonds. The highest BCUT2D eigenvalue weighted by molar-refractivity contribution is 14.0. The highest BCUT2D eigenvalue weighted by Crippen LogP contribution is 2.16. The van der Waals surface area contributed by atoms with E-state index >= 15 is 0 Å². The number of furan rings is 1. The first-order valence-corrected chi connectivity index (χ1v) is 8.31. The molecule has 0 fully saturated rings. The van der Waals surface area contributed by atoms with Gasteiger partial charge in [-0.3, -0.25) is 4.79 Å². The number of hydrogen-bond donors (Lipinski definition) is 3. The van der Waals surface area contributed by atoms with Gasteiger partial charge in [-0.2, -0.15) is 0 Å². The molecule has 148 valence electrons. The number of nitrogens with one attached hydrogen (secondary N) is 2. The lowest BCUT2D eigenvalue weighted by atomic mass is 10.3. The molecule has 2 aromatic rings. The van der Waals surface area contributed by atoms with Crippen molar-refractivity contribution < 1.29 is 18.3 Å². The van der Waals surface area contributed by atoms with Crippen molar-refractivity contribution in [3.8, 4) is 5.75 Å². The van der Waals surface area contributed by atoms with Crippen LogP contribution in [0.1, 0.15) is 30.2 Å². The summed E-state index contributed by atoms with van der Waals surface area (Å²) in [6.07, 6.45) is -0.277. The molecule has 27 heavy (non-hydrogen) atoms. The summed E-state index contributed by atoms with van der Waals surface area (Å²) in [5, 5.41) is 6.21. The standard InChI is InChI=1S/C18H23FN4O3.HI/c1-3-21-18(23-11-13-8-9-16(26-13)17(20)24)22-10-12(2)25-15-7-5-4-6-14(15)19;/h4-9,12H,3,10-11H2,1-2H3,(H2,20,24)(H2,21,22,23);1H. The van der Waals surface area contributed by atoms with E-state index in [0.717, 1.165) is 0 Å². The van der Waals surface area contributed by atoms with Crippen molar-refractivity contribution >= 4 is 35.8 Å². The Morgan fingerprint density at radius 3 is 2.67 bits per heavy atom. The molecule has 0 aliphatic heterocycles. The second kappa shape index (κ2) is 11.4. The van der Waals surface area contributed by atoms with Crippen molar-refractivity contribution in [2.75, 3.05) is 13.1 Å². The normalized spacial score (nSPS) is 12.0. The Morgan fingerprint density at radius 2 is 2.04 bits per heavy atom. The van der Waals surface area contributed by atoms with Crippen LogP contribution in [0.3, 0.4) is 0 Å². The molecule has 0 bridgehead atoms. The lowest BCUT2D eigenvalue weighted by Crippen LogP contribution is -2.41. The number of halogens is 2. The number of rotatable bonds is 8. The Morgan fingerprint density at radius 1 is 1.30 bits per heavy atom. The zero-order chi connectivity index (χ0) is 18.9. The maximum atomic E-state index is 13.6. The van der Waals surface area contributed by atoms with Crippen molar-refractivity contribution in [1.29, 1.82) is 0 Å². The molecule has 1 unspecified atom stereocenters. The van der Waals surface area contributed by atoms with E-state index in [-0.39, 0.29) is 48.1 Å². The number of benzene rings is 1. The van der Waals surface area contributed by atoms with E-state index in [2.05, 4.69) is 15.6 Å². The molecule has 2 rings (SSSR count). The van der Waals surface area contributed by atoms with Crippen molar-refractivity contribution in [2.45, 2.75) is 26.5 Å². The van der Waals surface area contributed by atoms with Crippen molar-refractivity contribution in [3.05, 3.63) is 53.7 Å². The number of para-hydroxylation sites is 1. The van der Waals surface area contributed by atoms with E-state index in [4.69, 9.17) is 14.9 Å². The number of aliphatic imine (C=N–C) groups is 1. The summed E-state index contributed by atoms with van der Waals surface area (Å²) in [5.41, 5.74) is 5.15. The average Bonchev–Trinajstić information content (AvgIpc) is 3.09. The van der Waals surface area contributed by atoms with Crippen LogP contribution in [-0.2, 0) is 6.54 Å². The zero-order valence-corrected chi connectivity index (χ0v) is 17.5. The monoisotopic (exact) mass is 490 g/mol. The molecule has 1 heterocycles. The fraction of sp³-hybridized carbons (Fsp3) is 0.333. The largest absolute Gasteiger partial charge is 0.486 e. The van der Waals surface area contributed by atoms with Gasteiger partial charge in [-0.25, -0.2) is 9.38 Å². The van der Waals surface area contributed by atoms with Gasteiger partial charge in [0.25, 0.3) is 5.91 Å². The van der Waals surface area contributed by atoms with Gasteiger partial charge in [0.15, 0.2) is 23.3 Å². The van der Waals surface area contributed by atoms with Crippen LogP contribution in [0.4, 0.5) is 4.39 Å². The third-order valence-electron chi connectivity index (χ3n) is 3.36. The van der Waals surface area contributed by atoms with Crippen LogP contribution in [0, 0.1) is 5.82 Å². The predicted molar refractivity (Wildman–Crippen MR) is 112 cm³/mol. The van der Waals surface area contributed by atoms with E-state index in [9.17, 15) is 9.18 Å². The van der Waals surface area contributed by atoms with Crippen LogP contribution in [0.5, 0.6) is 5.75 Å². The van der Waals surface area contributed by atoms with Crippen LogP contribution < -0.4 is 21.1 Å². The Hall–Kier alpha value is -2.30. The van der Waals surface area contributed by atoms with E-state index in [1.54, 1.807) is 24.3 Å². The molecule has 0 saturated heterocycles. The van der Waals surface area contributed by atoms with Gasteiger partial charge in [0, 0.05) is 6.54 Å². The first-order valence-electron chi connectivity index (χ1n) is 8.31. The predicted octanol–water partition coefficient (Wildman–Crippen LogP) is 2.66. The molecular formula is C18H24FIN4O3. The van der Waals surface area contributed by atoms with Crippen molar-refractivity contribution in [2.24, 2.45) is 10.7 Å². The summed E-state index contributed by atoms with van der Waals surface area (Å²) >= 11 is 0. The SMILES string of the molecule is CCNC(=NCc1ccc(C(N)=O)o1)NCC(C)Oc1ccccc1F.I. The van der Waals surface area contributed by atoms with Crippen LogP contribution in [0.25, 0.3) is 0 Å². The van der Waals surface area contributed by atoms with Gasteiger partial charge in [-0.05, 0) is 38.1 Å².